The monoisotopic (exact) mass is 303 g/mol. The van der Waals surface area contributed by atoms with Crippen LogP contribution in [-0.2, 0) is 11.2 Å². The molecule has 1 unspecified atom stereocenters. The molecular formula is C15H17N3O4. The molecule has 0 radical (unpaired) electrons. The zero-order valence-corrected chi connectivity index (χ0v) is 11.9. The SMILES string of the molecule is O=CN(NCCc1ccccc1)C1=CCC(O)([N+](=O)[O-])C=C1. The van der Waals surface area contributed by atoms with Gasteiger partial charge in [-0.05, 0) is 24.1 Å². The highest BCUT2D eigenvalue weighted by atomic mass is 16.7. The van der Waals surface area contributed by atoms with Crippen LogP contribution in [0.5, 0.6) is 0 Å². The highest BCUT2D eigenvalue weighted by Crippen LogP contribution is 2.22. The lowest BCUT2D eigenvalue weighted by molar-refractivity contribution is -0.607. The van der Waals surface area contributed by atoms with Gasteiger partial charge in [-0.25, -0.2) is 10.4 Å². The summed E-state index contributed by atoms with van der Waals surface area (Å²) in [6.45, 7) is 0.535. The summed E-state index contributed by atoms with van der Waals surface area (Å²) in [5, 5.41) is 21.7. The van der Waals surface area contributed by atoms with Crippen LogP contribution in [0.2, 0.25) is 0 Å². The molecule has 0 spiro atoms. The van der Waals surface area contributed by atoms with Gasteiger partial charge in [0.1, 0.15) is 0 Å². The van der Waals surface area contributed by atoms with Gasteiger partial charge in [-0.15, -0.1) is 0 Å². The number of hydrazine groups is 1. The number of carbonyl (C=O) groups excluding carboxylic acids is 1. The summed E-state index contributed by atoms with van der Waals surface area (Å²) in [5.74, 6) is 0. The van der Waals surface area contributed by atoms with Crippen molar-refractivity contribution >= 4 is 6.41 Å². The van der Waals surface area contributed by atoms with Gasteiger partial charge in [0.2, 0.25) is 6.41 Å². The van der Waals surface area contributed by atoms with Gasteiger partial charge in [0.15, 0.2) is 0 Å². The third kappa shape index (κ3) is 3.78. The first-order valence-electron chi connectivity index (χ1n) is 6.83. The number of nitrogens with zero attached hydrogens (tertiary/aromatic N) is 2. The Bertz CT molecular complexity index is 600. The third-order valence-corrected chi connectivity index (χ3v) is 3.37. The summed E-state index contributed by atoms with van der Waals surface area (Å²) in [7, 11) is 0. The number of rotatable bonds is 7. The summed E-state index contributed by atoms with van der Waals surface area (Å²) in [4.78, 5) is 21.1. The molecule has 0 heterocycles. The van der Waals surface area contributed by atoms with Gasteiger partial charge < -0.3 is 5.11 Å². The van der Waals surface area contributed by atoms with Crippen molar-refractivity contribution < 1.29 is 14.8 Å². The zero-order chi connectivity index (χ0) is 16.0. The van der Waals surface area contributed by atoms with Crippen LogP contribution in [-0.4, -0.2) is 33.7 Å². The van der Waals surface area contributed by atoms with Crippen LogP contribution in [0.4, 0.5) is 0 Å². The Hall–Kier alpha value is -2.51. The summed E-state index contributed by atoms with van der Waals surface area (Å²) in [6, 6.07) is 9.80. The Kier molecular flexibility index (Phi) is 5.03. The quantitative estimate of drug-likeness (QED) is 0.339. The maximum atomic E-state index is 11.1. The number of benzene rings is 1. The lowest BCUT2D eigenvalue weighted by Gasteiger charge is -2.24. The highest BCUT2D eigenvalue weighted by Gasteiger charge is 2.38. The van der Waals surface area contributed by atoms with Crippen LogP contribution in [0, 0.1) is 10.1 Å². The van der Waals surface area contributed by atoms with Gasteiger partial charge >= 0.3 is 5.72 Å². The number of nitro groups is 1. The van der Waals surface area contributed by atoms with Crippen molar-refractivity contribution in [1.82, 2.24) is 10.4 Å². The predicted molar refractivity (Wildman–Crippen MR) is 79.8 cm³/mol. The summed E-state index contributed by atoms with van der Waals surface area (Å²) in [6.07, 6.45) is 5.04. The first-order valence-corrected chi connectivity index (χ1v) is 6.83. The smallest absolute Gasteiger partial charge is 0.327 e. The van der Waals surface area contributed by atoms with Gasteiger partial charge in [0.25, 0.3) is 0 Å². The van der Waals surface area contributed by atoms with E-state index in [0.29, 0.717) is 18.7 Å². The first kappa shape index (κ1) is 15.9. The molecular weight excluding hydrogens is 286 g/mol. The van der Waals surface area contributed by atoms with Gasteiger partial charge in [-0.1, -0.05) is 30.3 Å². The average Bonchev–Trinajstić information content (AvgIpc) is 2.54. The number of aliphatic hydroxyl groups is 1. The lowest BCUT2D eigenvalue weighted by atomic mass is 10.0. The summed E-state index contributed by atoms with van der Waals surface area (Å²) in [5.41, 5.74) is 2.45. The molecule has 22 heavy (non-hydrogen) atoms. The number of nitrogens with one attached hydrogen (secondary N) is 1. The molecule has 1 aromatic rings. The van der Waals surface area contributed by atoms with E-state index in [0.717, 1.165) is 18.1 Å². The van der Waals surface area contributed by atoms with Gasteiger partial charge in [-0.3, -0.25) is 14.9 Å². The van der Waals surface area contributed by atoms with E-state index in [4.69, 9.17) is 0 Å². The number of hydrogen-bond acceptors (Lipinski definition) is 5. The number of allylic oxidation sites excluding steroid dienone is 1. The fourth-order valence-electron chi connectivity index (χ4n) is 2.08. The molecule has 1 aromatic carbocycles. The Morgan fingerprint density at radius 1 is 1.41 bits per heavy atom. The van der Waals surface area contributed by atoms with E-state index in [1.54, 1.807) is 0 Å². The molecule has 7 nitrogen and oxygen atoms in total. The minimum Gasteiger partial charge on any atom is -0.327 e. The van der Waals surface area contributed by atoms with E-state index in [-0.39, 0.29) is 6.42 Å². The lowest BCUT2D eigenvalue weighted by Crippen LogP contribution is -2.41. The van der Waals surface area contributed by atoms with Crippen molar-refractivity contribution in [1.29, 1.82) is 0 Å². The van der Waals surface area contributed by atoms with Gasteiger partial charge in [0, 0.05) is 12.6 Å². The zero-order valence-electron chi connectivity index (χ0n) is 11.9. The van der Waals surface area contributed by atoms with Crippen LogP contribution >= 0.6 is 0 Å². The van der Waals surface area contributed by atoms with Gasteiger partial charge in [-0.2, -0.15) is 0 Å². The van der Waals surface area contributed by atoms with Crippen LogP contribution in [0.1, 0.15) is 12.0 Å². The molecule has 0 fully saturated rings. The molecule has 0 saturated carbocycles. The minimum atomic E-state index is -2.10. The summed E-state index contributed by atoms with van der Waals surface area (Å²) >= 11 is 0. The second-order valence-electron chi connectivity index (χ2n) is 4.92. The van der Waals surface area contributed by atoms with E-state index in [1.165, 1.54) is 17.2 Å². The predicted octanol–water partition coefficient (Wildman–Crippen LogP) is 1.00. The highest BCUT2D eigenvalue weighted by molar-refractivity contribution is 5.52. The van der Waals surface area contributed by atoms with Crippen LogP contribution < -0.4 is 5.43 Å². The fraction of sp³-hybridized carbons (Fsp3) is 0.267. The van der Waals surface area contributed by atoms with Crippen molar-refractivity contribution in [2.75, 3.05) is 6.54 Å². The molecule has 1 atom stereocenters. The Balaban J connectivity index is 1.90. The number of carbonyl (C=O) groups is 1. The van der Waals surface area contributed by atoms with E-state index in [1.807, 2.05) is 30.3 Å². The first-order chi connectivity index (χ1) is 10.5. The molecule has 2 rings (SSSR count). The van der Waals surface area contributed by atoms with E-state index >= 15 is 0 Å². The molecule has 0 bridgehead atoms. The van der Waals surface area contributed by atoms with Crippen LogP contribution in [0.25, 0.3) is 0 Å². The third-order valence-electron chi connectivity index (χ3n) is 3.37. The standard InChI is InChI=1S/C15H17N3O4/c19-12-17(16-11-8-13-4-2-1-3-5-13)14-6-9-15(20,10-7-14)18(21)22/h1-7,9,12,16,20H,8,10-11H2. The largest absolute Gasteiger partial charge is 0.345 e. The minimum absolute atomic E-state index is 0.184. The molecule has 116 valence electrons. The summed E-state index contributed by atoms with van der Waals surface area (Å²) < 4.78 is 0. The Morgan fingerprint density at radius 3 is 2.68 bits per heavy atom. The van der Waals surface area contributed by atoms with E-state index < -0.39 is 10.6 Å². The fourth-order valence-corrected chi connectivity index (χ4v) is 2.08. The van der Waals surface area contributed by atoms with Crippen LogP contribution in [0.15, 0.2) is 54.3 Å². The maximum Gasteiger partial charge on any atom is 0.345 e. The average molecular weight is 303 g/mol. The van der Waals surface area contributed by atoms with Crippen LogP contribution in [0.3, 0.4) is 0 Å². The molecule has 0 aromatic heterocycles. The van der Waals surface area contributed by atoms with Gasteiger partial charge in [0.05, 0.1) is 17.0 Å². The van der Waals surface area contributed by atoms with E-state index in [9.17, 15) is 20.0 Å². The molecule has 7 heteroatoms. The second kappa shape index (κ2) is 6.97. The number of amides is 1. The Labute approximate surface area is 127 Å². The molecule has 1 amide bonds. The Morgan fingerprint density at radius 2 is 2.14 bits per heavy atom. The van der Waals surface area contributed by atoms with Crippen molar-refractivity contribution in [3.63, 3.8) is 0 Å². The van der Waals surface area contributed by atoms with Crippen molar-refractivity contribution in [2.45, 2.75) is 18.6 Å². The number of hydrogen-bond donors (Lipinski definition) is 2. The molecule has 0 aliphatic heterocycles. The van der Waals surface area contributed by atoms with E-state index in [2.05, 4.69) is 5.43 Å². The topological polar surface area (TPSA) is 95.7 Å². The maximum absolute atomic E-state index is 11.1. The molecule has 1 aliphatic carbocycles. The second-order valence-corrected chi connectivity index (χ2v) is 4.92. The molecule has 1 aliphatic rings. The molecule has 2 N–H and O–H groups in total. The molecule has 0 saturated heterocycles. The van der Waals surface area contributed by atoms with Crippen molar-refractivity contribution in [2.24, 2.45) is 0 Å². The van der Waals surface area contributed by atoms with Crippen molar-refractivity contribution in [3.05, 3.63) is 69.9 Å². The van der Waals surface area contributed by atoms with Crippen molar-refractivity contribution in [3.8, 4) is 0 Å². The normalized spacial score (nSPS) is 20.3.